The highest BCUT2D eigenvalue weighted by Gasteiger charge is 2.37. The SMILES string of the molecule is C=CC(=O)N1CCN(c2nc(=O)n(-c3c(C4CN(C)C4)cccc3S(C)(=O)=O)c3nc(-c4ccncc4C(F)(F)F)c(F)cc23)[C@@H](C)C1. The summed E-state index contributed by atoms with van der Waals surface area (Å²) in [6, 6.07) is 6.07. The Morgan fingerprint density at radius 2 is 1.83 bits per heavy atom. The molecule has 3 aromatic heterocycles. The number of benzene rings is 1. The molecule has 6 rings (SSSR count). The molecule has 2 saturated heterocycles. The van der Waals surface area contributed by atoms with Crippen molar-refractivity contribution in [3.05, 3.63) is 82.8 Å². The van der Waals surface area contributed by atoms with Gasteiger partial charge in [-0.2, -0.15) is 18.2 Å². The maximum Gasteiger partial charge on any atom is 0.418 e. The molecule has 5 heterocycles. The third-order valence-electron chi connectivity index (χ3n) is 8.73. The Kier molecular flexibility index (Phi) is 8.35. The molecule has 2 fully saturated rings. The van der Waals surface area contributed by atoms with Crippen molar-refractivity contribution in [1.82, 2.24) is 29.3 Å². The fraction of sp³-hybridized carbons (Fsp3) is 0.344. The Bertz CT molecular complexity index is 2130. The quantitative estimate of drug-likeness (QED) is 0.221. The van der Waals surface area contributed by atoms with Crippen LogP contribution in [0.5, 0.6) is 0 Å². The molecule has 1 atom stereocenters. The highest BCUT2D eigenvalue weighted by atomic mass is 32.2. The number of likely N-dealkylation sites (tertiary alicyclic amines) is 1. The lowest BCUT2D eigenvalue weighted by molar-refractivity contribution is -0.137. The van der Waals surface area contributed by atoms with Gasteiger partial charge in [-0.3, -0.25) is 9.78 Å². The first-order chi connectivity index (χ1) is 22.6. The van der Waals surface area contributed by atoms with Crippen LogP contribution in [0.25, 0.3) is 28.0 Å². The van der Waals surface area contributed by atoms with Gasteiger partial charge in [0.25, 0.3) is 0 Å². The number of aromatic nitrogens is 4. The van der Waals surface area contributed by atoms with E-state index >= 15 is 4.39 Å². The topological polar surface area (TPSA) is 122 Å². The number of hydrogen-bond donors (Lipinski definition) is 0. The molecule has 0 bridgehead atoms. The molecule has 4 aromatic rings. The van der Waals surface area contributed by atoms with Gasteiger partial charge in [0.1, 0.15) is 17.3 Å². The lowest BCUT2D eigenvalue weighted by Gasteiger charge is -2.40. The number of alkyl halides is 3. The fourth-order valence-corrected chi connectivity index (χ4v) is 7.33. The Hall–Kier alpha value is -4.70. The van der Waals surface area contributed by atoms with Crippen LogP contribution in [0.4, 0.5) is 23.4 Å². The van der Waals surface area contributed by atoms with Crippen LogP contribution in [0.3, 0.4) is 0 Å². The Morgan fingerprint density at radius 1 is 1.10 bits per heavy atom. The van der Waals surface area contributed by atoms with Crippen LogP contribution in [0, 0.1) is 5.82 Å². The van der Waals surface area contributed by atoms with E-state index in [1.54, 1.807) is 28.9 Å². The first kappa shape index (κ1) is 33.2. The molecule has 0 N–H and O–H groups in total. The highest BCUT2D eigenvalue weighted by molar-refractivity contribution is 7.90. The number of halogens is 4. The fourth-order valence-electron chi connectivity index (χ4n) is 6.45. The minimum atomic E-state index is -4.92. The van der Waals surface area contributed by atoms with E-state index in [1.807, 2.05) is 11.9 Å². The van der Waals surface area contributed by atoms with Gasteiger partial charge in [-0.1, -0.05) is 18.7 Å². The van der Waals surface area contributed by atoms with Gasteiger partial charge in [-0.25, -0.2) is 27.2 Å². The number of rotatable bonds is 6. The molecule has 48 heavy (non-hydrogen) atoms. The second-order valence-electron chi connectivity index (χ2n) is 12.1. The number of piperazine rings is 1. The number of para-hydroxylation sites is 1. The molecule has 0 unspecified atom stereocenters. The summed E-state index contributed by atoms with van der Waals surface area (Å²) in [6.45, 7) is 7.00. The second-order valence-corrected chi connectivity index (χ2v) is 14.1. The largest absolute Gasteiger partial charge is 0.418 e. The molecule has 0 radical (unpaired) electrons. The van der Waals surface area contributed by atoms with Crippen molar-refractivity contribution >= 4 is 32.6 Å². The van der Waals surface area contributed by atoms with Crippen molar-refractivity contribution in [3.8, 4) is 16.9 Å². The van der Waals surface area contributed by atoms with Crippen LogP contribution in [0.15, 0.2) is 65.1 Å². The zero-order valence-electron chi connectivity index (χ0n) is 26.2. The normalized spacial score (nSPS) is 17.9. The maximum atomic E-state index is 16.1. The van der Waals surface area contributed by atoms with Crippen molar-refractivity contribution in [2.75, 3.05) is 50.9 Å². The minimum Gasteiger partial charge on any atom is -0.350 e. The first-order valence-corrected chi connectivity index (χ1v) is 16.8. The van der Waals surface area contributed by atoms with Crippen molar-refractivity contribution < 1.29 is 30.8 Å². The molecule has 252 valence electrons. The molecule has 11 nitrogen and oxygen atoms in total. The summed E-state index contributed by atoms with van der Waals surface area (Å²) in [5.41, 5.74) is -3.37. The van der Waals surface area contributed by atoms with E-state index < -0.39 is 50.4 Å². The van der Waals surface area contributed by atoms with E-state index in [9.17, 15) is 31.2 Å². The summed E-state index contributed by atoms with van der Waals surface area (Å²) in [4.78, 5) is 43.8. The molecule has 1 amide bonds. The number of anilines is 1. The molecule has 16 heteroatoms. The van der Waals surface area contributed by atoms with E-state index in [1.165, 1.54) is 12.1 Å². The molecule has 0 saturated carbocycles. The number of amides is 1. The zero-order valence-corrected chi connectivity index (χ0v) is 27.0. The van der Waals surface area contributed by atoms with Crippen molar-refractivity contribution in [3.63, 3.8) is 0 Å². The molecule has 2 aliphatic heterocycles. The van der Waals surface area contributed by atoms with E-state index in [0.29, 0.717) is 24.8 Å². The van der Waals surface area contributed by atoms with Gasteiger partial charge in [0.2, 0.25) is 5.91 Å². The van der Waals surface area contributed by atoms with Crippen molar-refractivity contribution in [1.29, 1.82) is 0 Å². The minimum absolute atomic E-state index is 0.00469. The lowest BCUT2D eigenvalue weighted by Crippen LogP contribution is -2.54. The third kappa shape index (κ3) is 5.83. The number of carbonyl (C=O) groups is 1. The average molecular weight is 686 g/mol. The molecule has 2 aliphatic rings. The number of likely N-dealkylation sites (N-methyl/N-ethyl adjacent to an activating group) is 1. The average Bonchev–Trinajstić information content (AvgIpc) is 3.01. The van der Waals surface area contributed by atoms with Crippen molar-refractivity contribution in [2.45, 2.75) is 30.0 Å². The van der Waals surface area contributed by atoms with Crippen LogP contribution in [-0.4, -0.2) is 95.7 Å². The van der Waals surface area contributed by atoms with Crippen LogP contribution >= 0.6 is 0 Å². The predicted octanol–water partition coefficient (Wildman–Crippen LogP) is 3.66. The Balaban J connectivity index is 1.69. The number of carbonyl (C=O) groups excluding carboxylic acids is 1. The van der Waals surface area contributed by atoms with Crippen LogP contribution in [0.2, 0.25) is 0 Å². The van der Waals surface area contributed by atoms with E-state index in [2.05, 4.69) is 21.5 Å². The summed E-state index contributed by atoms with van der Waals surface area (Å²) in [5, 5.41) is -0.0335. The van der Waals surface area contributed by atoms with Crippen LogP contribution < -0.4 is 10.6 Å². The molecule has 0 spiro atoms. The van der Waals surface area contributed by atoms with Crippen molar-refractivity contribution in [2.24, 2.45) is 0 Å². The number of nitrogens with zero attached hydrogens (tertiary/aromatic N) is 7. The van der Waals surface area contributed by atoms with Gasteiger partial charge < -0.3 is 14.7 Å². The number of sulfone groups is 1. The van der Waals surface area contributed by atoms with Gasteiger partial charge in [-0.15, -0.1) is 0 Å². The van der Waals surface area contributed by atoms with E-state index in [-0.39, 0.29) is 58.9 Å². The maximum absolute atomic E-state index is 16.1. The predicted molar refractivity (Wildman–Crippen MR) is 170 cm³/mol. The van der Waals surface area contributed by atoms with Crippen LogP contribution in [-0.2, 0) is 20.8 Å². The first-order valence-electron chi connectivity index (χ1n) is 14.9. The van der Waals surface area contributed by atoms with Gasteiger partial charge in [0, 0.05) is 68.9 Å². The summed E-state index contributed by atoms with van der Waals surface area (Å²) >= 11 is 0. The lowest BCUT2D eigenvalue weighted by atomic mass is 9.90. The summed E-state index contributed by atoms with van der Waals surface area (Å²) in [5.74, 6) is -1.62. The summed E-state index contributed by atoms with van der Waals surface area (Å²) in [6.07, 6.45) is -1.13. The monoisotopic (exact) mass is 685 g/mol. The molecular formula is C32H31F4N7O4S. The second kappa shape index (κ2) is 12.1. The Morgan fingerprint density at radius 3 is 2.46 bits per heavy atom. The van der Waals surface area contributed by atoms with Gasteiger partial charge in [0.05, 0.1) is 21.5 Å². The summed E-state index contributed by atoms with van der Waals surface area (Å²) < 4.78 is 85.7. The van der Waals surface area contributed by atoms with E-state index in [4.69, 9.17) is 0 Å². The zero-order chi connectivity index (χ0) is 34.7. The van der Waals surface area contributed by atoms with Gasteiger partial charge in [-0.05, 0) is 43.8 Å². The standard InChI is InChI=1S/C32H31F4N7O4S/c1-5-26(44)41-11-12-42(18(2)15-41)29-22-13-24(33)27(21-9-10-37-14-23(21)32(34,35)36)38-30(22)43(31(45)39-29)28-20(19-16-40(3)17-19)7-6-8-25(28)48(4,46)47/h5-10,13-14,18-19H,1,11-12,15-17H2,2-4H3/t18-/m0/s1. The Labute approximate surface area is 273 Å². The smallest absolute Gasteiger partial charge is 0.350 e. The molecular weight excluding hydrogens is 654 g/mol. The molecule has 1 aromatic carbocycles. The highest BCUT2D eigenvalue weighted by Crippen LogP contribution is 2.40. The van der Waals surface area contributed by atoms with E-state index in [0.717, 1.165) is 29.2 Å². The number of fused-ring (bicyclic) bond motifs is 1. The number of hydrogen-bond acceptors (Lipinski definition) is 9. The van der Waals surface area contributed by atoms with Gasteiger partial charge >= 0.3 is 11.9 Å². The number of pyridine rings is 2. The molecule has 0 aliphatic carbocycles. The third-order valence-corrected chi connectivity index (χ3v) is 9.85. The van der Waals surface area contributed by atoms with Crippen LogP contribution in [0.1, 0.15) is 24.0 Å². The van der Waals surface area contributed by atoms with Gasteiger partial charge in [0.15, 0.2) is 15.5 Å². The summed E-state index contributed by atoms with van der Waals surface area (Å²) in [7, 11) is -2.11.